The number of para-hydroxylation sites is 1. The molecule has 1 N–H and O–H groups in total. The quantitative estimate of drug-likeness (QED) is 0.850. The molecule has 3 heteroatoms. The molecule has 0 bridgehead atoms. The molecule has 0 spiro atoms. The number of piperidine rings is 1. The molecule has 0 amide bonds. The summed E-state index contributed by atoms with van der Waals surface area (Å²) in [7, 11) is 0. The van der Waals surface area contributed by atoms with E-state index in [1.165, 1.54) is 12.8 Å². The zero-order chi connectivity index (χ0) is 11.5. The van der Waals surface area contributed by atoms with E-state index in [2.05, 4.69) is 11.4 Å². The first-order chi connectivity index (χ1) is 8.42. The molecule has 2 heterocycles. The van der Waals surface area contributed by atoms with Crippen LogP contribution >= 0.6 is 0 Å². The molecule has 1 aromatic carbocycles. The van der Waals surface area contributed by atoms with Gasteiger partial charge < -0.3 is 14.8 Å². The number of hydrogen-bond acceptors (Lipinski definition) is 3. The third-order valence-electron chi connectivity index (χ3n) is 3.64. The van der Waals surface area contributed by atoms with Gasteiger partial charge in [0.15, 0.2) is 6.29 Å². The fraction of sp³-hybridized carbons (Fsp3) is 0.571. The van der Waals surface area contributed by atoms with Crippen LogP contribution in [0.5, 0.6) is 5.75 Å². The molecule has 92 valence electrons. The molecule has 1 saturated heterocycles. The van der Waals surface area contributed by atoms with Crippen LogP contribution in [0.2, 0.25) is 0 Å². The number of rotatable bonds is 2. The van der Waals surface area contributed by atoms with Gasteiger partial charge in [0.25, 0.3) is 0 Å². The second kappa shape index (κ2) is 5.07. The monoisotopic (exact) mass is 233 g/mol. The molecule has 1 unspecified atom stereocenters. The van der Waals surface area contributed by atoms with Crippen molar-refractivity contribution in [2.75, 3.05) is 13.1 Å². The maximum Gasteiger partial charge on any atom is 0.200 e. The Labute approximate surface area is 102 Å². The van der Waals surface area contributed by atoms with Crippen molar-refractivity contribution in [3.8, 4) is 5.75 Å². The normalized spacial score (nSPS) is 25.1. The van der Waals surface area contributed by atoms with Crippen LogP contribution in [0.3, 0.4) is 0 Å². The van der Waals surface area contributed by atoms with Gasteiger partial charge in [-0.3, -0.25) is 0 Å². The summed E-state index contributed by atoms with van der Waals surface area (Å²) >= 11 is 0. The maximum atomic E-state index is 5.89. The Kier molecular flexibility index (Phi) is 3.29. The minimum absolute atomic E-state index is 0.0481. The Balaban J connectivity index is 1.60. The Morgan fingerprint density at radius 3 is 2.88 bits per heavy atom. The van der Waals surface area contributed by atoms with Crippen LogP contribution in [0.1, 0.15) is 24.8 Å². The van der Waals surface area contributed by atoms with Gasteiger partial charge in [-0.25, -0.2) is 0 Å². The van der Waals surface area contributed by atoms with Gasteiger partial charge in [0.05, 0.1) is 6.61 Å². The first-order valence-corrected chi connectivity index (χ1v) is 6.49. The van der Waals surface area contributed by atoms with E-state index in [1.54, 1.807) is 0 Å². The van der Waals surface area contributed by atoms with Gasteiger partial charge in [-0.05, 0) is 37.9 Å². The van der Waals surface area contributed by atoms with Gasteiger partial charge in [-0.2, -0.15) is 0 Å². The summed E-state index contributed by atoms with van der Waals surface area (Å²) in [6.45, 7) is 2.95. The molecule has 3 nitrogen and oxygen atoms in total. The summed E-state index contributed by atoms with van der Waals surface area (Å²) < 4.78 is 11.7. The lowest BCUT2D eigenvalue weighted by molar-refractivity contribution is -0.120. The number of benzene rings is 1. The summed E-state index contributed by atoms with van der Waals surface area (Å²) in [5, 5.41) is 3.39. The van der Waals surface area contributed by atoms with Crippen molar-refractivity contribution in [3.63, 3.8) is 0 Å². The summed E-state index contributed by atoms with van der Waals surface area (Å²) in [6, 6.07) is 8.15. The van der Waals surface area contributed by atoms with Crippen LogP contribution in [0.25, 0.3) is 0 Å². The minimum atomic E-state index is -0.0481. The van der Waals surface area contributed by atoms with Crippen molar-refractivity contribution in [1.82, 2.24) is 5.32 Å². The lowest BCUT2D eigenvalue weighted by Crippen LogP contribution is -2.33. The molecular formula is C14H19NO2. The highest BCUT2D eigenvalue weighted by Crippen LogP contribution is 2.29. The van der Waals surface area contributed by atoms with E-state index in [9.17, 15) is 0 Å². The van der Waals surface area contributed by atoms with Crippen LogP contribution < -0.4 is 10.1 Å². The van der Waals surface area contributed by atoms with Crippen molar-refractivity contribution in [2.24, 2.45) is 5.92 Å². The van der Waals surface area contributed by atoms with Crippen molar-refractivity contribution in [2.45, 2.75) is 32.2 Å². The fourth-order valence-corrected chi connectivity index (χ4v) is 2.60. The van der Waals surface area contributed by atoms with Crippen LogP contribution in [0.15, 0.2) is 24.3 Å². The van der Waals surface area contributed by atoms with Crippen molar-refractivity contribution in [3.05, 3.63) is 29.8 Å². The highest BCUT2D eigenvalue weighted by atomic mass is 16.7. The van der Waals surface area contributed by atoms with E-state index >= 15 is 0 Å². The van der Waals surface area contributed by atoms with Crippen molar-refractivity contribution >= 4 is 0 Å². The number of hydrogen-bond donors (Lipinski definition) is 1. The fourth-order valence-electron chi connectivity index (χ4n) is 2.60. The lowest BCUT2D eigenvalue weighted by atomic mass is 9.94. The SMILES string of the molecule is c1ccc2c(c1)COC(CC1CCNCC1)O2. The van der Waals surface area contributed by atoms with E-state index in [0.717, 1.165) is 36.7 Å². The highest BCUT2D eigenvalue weighted by molar-refractivity contribution is 5.33. The molecule has 1 fully saturated rings. The van der Waals surface area contributed by atoms with Crippen LogP contribution in [0, 0.1) is 5.92 Å². The zero-order valence-corrected chi connectivity index (χ0v) is 10.0. The van der Waals surface area contributed by atoms with E-state index in [0.29, 0.717) is 6.61 Å². The van der Waals surface area contributed by atoms with E-state index in [-0.39, 0.29) is 6.29 Å². The number of fused-ring (bicyclic) bond motifs is 1. The van der Waals surface area contributed by atoms with Gasteiger partial charge >= 0.3 is 0 Å². The second-order valence-electron chi connectivity index (χ2n) is 4.90. The lowest BCUT2D eigenvalue weighted by Gasteiger charge is -2.30. The third-order valence-corrected chi connectivity index (χ3v) is 3.64. The first kappa shape index (κ1) is 11.1. The second-order valence-corrected chi connectivity index (χ2v) is 4.90. The molecule has 0 aromatic heterocycles. The zero-order valence-electron chi connectivity index (χ0n) is 10.0. The van der Waals surface area contributed by atoms with Gasteiger partial charge in [0, 0.05) is 12.0 Å². The Hall–Kier alpha value is -1.06. The summed E-state index contributed by atoms with van der Waals surface area (Å²) in [4.78, 5) is 0. The molecule has 1 atom stereocenters. The Bertz CT molecular complexity index is 374. The largest absolute Gasteiger partial charge is 0.465 e. The van der Waals surface area contributed by atoms with Gasteiger partial charge in [0.2, 0.25) is 0 Å². The smallest absolute Gasteiger partial charge is 0.200 e. The average molecular weight is 233 g/mol. The van der Waals surface area contributed by atoms with E-state index in [1.807, 2.05) is 18.2 Å². The van der Waals surface area contributed by atoms with Crippen LogP contribution in [-0.2, 0) is 11.3 Å². The molecule has 2 aliphatic rings. The van der Waals surface area contributed by atoms with Gasteiger partial charge in [-0.1, -0.05) is 18.2 Å². The Morgan fingerprint density at radius 1 is 1.18 bits per heavy atom. The summed E-state index contributed by atoms with van der Waals surface area (Å²) in [5.74, 6) is 1.74. The van der Waals surface area contributed by atoms with E-state index < -0.39 is 0 Å². The van der Waals surface area contributed by atoms with Crippen LogP contribution in [-0.4, -0.2) is 19.4 Å². The highest BCUT2D eigenvalue weighted by Gasteiger charge is 2.24. The van der Waals surface area contributed by atoms with Crippen molar-refractivity contribution in [1.29, 1.82) is 0 Å². The maximum absolute atomic E-state index is 5.89. The Morgan fingerprint density at radius 2 is 2.00 bits per heavy atom. The molecule has 0 saturated carbocycles. The summed E-state index contributed by atoms with van der Waals surface area (Å²) in [5.41, 5.74) is 1.16. The molecule has 0 aliphatic carbocycles. The third kappa shape index (κ3) is 2.61. The molecule has 3 rings (SSSR count). The van der Waals surface area contributed by atoms with Crippen molar-refractivity contribution < 1.29 is 9.47 Å². The molecule has 17 heavy (non-hydrogen) atoms. The van der Waals surface area contributed by atoms with Crippen LogP contribution in [0.4, 0.5) is 0 Å². The number of ether oxygens (including phenoxy) is 2. The predicted molar refractivity (Wildman–Crippen MR) is 65.9 cm³/mol. The van der Waals surface area contributed by atoms with E-state index in [4.69, 9.17) is 9.47 Å². The first-order valence-electron chi connectivity index (χ1n) is 6.49. The van der Waals surface area contributed by atoms with Gasteiger partial charge in [0.1, 0.15) is 5.75 Å². The molecular weight excluding hydrogens is 214 g/mol. The average Bonchev–Trinajstić information content (AvgIpc) is 2.40. The summed E-state index contributed by atoms with van der Waals surface area (Å²) in [6.07, 6.45) is 3.46. The topological polar surface area (TPSA) is 30.5 Å². The molecule has 2 aliphatic heterocycles. The molecule has 0 radical (unpaired) electrons. The standard InChI is InChI=1S/C14H19NO2/c1-2-4-13-12(3-1)10-16-14(17-13)9-11-5-7-15-8-6-11/h1-4,11,14-15H,5-10H2. The molecule has 1 aromatic rings. The number of nitrogens with one attached hydrogen (secondary N) is 1. The predicted octanol–water partition coefficient (Wildman–Crippen LogP) is 2.31. The van der Waals surface area contributed by atoms with Gasteiger partial charge in [-0.15, -0.1) is 0 Å². The minimum Gasteiger partial charge on any atom is -0.465 e.